The summed E-state index contributed by atoms with van der Waals surface area (Å²) in [5.41, 5.74) is 2.71. The molecule has 0 saturated heterocycles. The summed E-state index contributed by atoms with van der Waals surface area (Å²) in [6.07, 6.45) is 1.88. The molecular weight excluding hydrogens is 328 g/mol. The number of carbonyl (C=O) groups is 2. The minimum absolute atomic E-state index is 0.0216. The quantitative estimate of drug-likeness (QED) is 0.810. The Kier molecular flexibility index (Phi) is 5.26. The standard InChI is InChI=1S/C21H24N2O3/c1-13(2)26-19-10-5-4-7-16(19)21(25)23-18-9-6-8-17(14(18)3)22-20(24)15-11-12-15/h4-10,13,15H,11-12H2,1-3H3,(H,22,24)(H,23,25). The van der Waals surface area contributed by atoms with Crippen LogP contribution in [0.25, 0.3) is 0 Å². The van der Waals surface area contributed by atoms with Gasteiger partial charge in [0, 0.05) is 17.3 Å². The molecule has 0 atom stereocenters. The van der Waals surface area contributed by atoms with Gasteiger partial charge in [-0.3, -0.25) is 9.59 Å². The number of para-hydroxylation sites is 1. The first-order valence-corrected chi connectivity index (χ1v) is 8.93. The molecule has 2 aromatic carbocycles. The van der Waals surface area contributed by atoms with Crippen molar-refractivity contribution in [2.45, 2.75) is 39.7 Å². The number of nitrogens with one attached hydrogen (secondary N) is 2. The van der Waals surface area contributed by atoms with E-state index in [0.29, 0.717) is 17.0 Å². The van der Waals surface area contributed by atoms with Gasteiger partial charge in [0.25, 0.3) is 5.91 Å². The third kappa shape index (κ3) is 4.23. The molecule has 0 heterocycles. The van der Waals surface area contributed by atoms with Crippen molar-refractivity contribution in [3.05, 3.63) is 53.6 Å². The van der Waals surface area contributed by atoms with Crippen molar-refractivity contribution in [2.24, 2.45) is 5.92 Å². The Bertz CT molecular complexity index is 826. The zero-order valence-electron chi connectivity index (χ0n) is 15.3. The average Bonchev–Trinajstić information content (AvgIpc) is 3.43. The molecule has 2 aromatic rings. The number of anilines is 2. The van der Waals surface area contributed by atoms with Crippen LogP contribution in [0.1, 0.15) is 42.6 Å². The normalized spacial score (nSPS) is 13.4. The van der Waals surface area contributed by atoms with E-state index in [9.17, 15) is 9.59 Å². The Morgan fingerprint density at radius 2 is 1.65 bits per heavy atom. The van der Waals surface area contributed by atoms with Crippen LogP contribution in [0.3, 0.4) is 0 Å². The SMILES string of the molecule is Cc1c(NC(=O)c2ccccc2OC(C)C)cccc1NC(=O)C1CC1. The maximum atomic E-state index is 12.7. The molecule has 0 spiro atoms. The lowest BCUT2D eigenvalue weighted by molar-refractivity contribution is -0.117. The molecule has 0 unspecified atom stereocenters. The van der Waals surface area contributed by atoms with E-state index in [4.69, 9.17) is 4.74 Å². The molecule has 0 bridgehead atoms. The van der Waals surface area contributed by atoms with Crippen LogP contribution in [0.15, 0.2) is 42.5 Å². The molecule has 1 aliphatic carbocycles. The van der Waals surface area contributed by atoms with Crippen molar-refractivity contribution in [3.8, 4) is 5.75 Å². The van der Waals surface area contributed by atoms with Crippen LogP contribution < -0.4 is 15.4 Å². The second-order valence-electron chi connectivity index (χ2n) is 6.86. The average molecular weight is 352 g/mol. The van der Waals surface area contributed by atoms with E-state index in [0.717, 1.165) is 24.1 Å². The Morgan fingerprint density at radius 3 is 2.31 bits per heavy atom. The second kappa shape index (κ2) is 7.60. The molecule has 3 rings (SSSR count). The van der Waals surface area contributed by atoms with Gasteiger partial charge < -0.3 is 15.4 Å². The zero-order chi connectivity index (χ0) is 18.7. The van der Waals surface area contributed by atoms with Crippen molar-refractivity contribution < 1.29 is 14.3 Å². The first-order valence-electron chi connectivity index (χ1n) is 8.93. The van der Waals surface area contributed by atoms with Crippen molar-refractivity contribution in [1.29, 1.82) is 0 Å². The third-order valence-corrected chi connectivity index (χ3v) is 4.28. The van der Waals surface area contributed by atoms with Gasteiger partial charge in [-0.25, -0.2) is 0 Å². The van der Waals surface area contributed by atoms with E-state index in [1.807, 2.05) is 45.0 Å². The Morgan fingerprint density at radius 1 is 1.00 bits per heavy atom. The highest BCUT2D eigenvalue weighted by atomic mass is 16.5. The first kappa shape index (κ1) is 18.0. The zero-order valence-corrected chi connectivity index (χ0v) is 15.3. The van der Waals surface area contributed by atoms with Crippen molar-refractivity contribution in [1.82, 2.24) is 0 Å². The highest BCUT2D eigenvalue weighted by Gasteiger charge is 2.30. The molecule has 1 aliphatic rings. The summed E-state index contributed by atoms with van der Waals surface area (Å²) in [6.45, 7) is 5.73. The first-order chi connectivity index (χ1) is 12.5. The molecule has 0 aromatic heterocycles. The predicted octanol–water partition coefficient (Wildman–Crippen LogP) is 4.38. The molecule has 1 fully saturated rings. The predicted molar refractivity (Wildman–Crippen MR) is 103 cm³/mol. The number of ether oxygens (including phenoxy) is 1. The molecule has 1 saturated carbocycles. The van der Waals surface area contributed by atoms with Gasteiger partial charge in [-0.2, -0.15) is 0 Å². The molecule has 0 radical (unpaired) electrons. The highest BCUT2D eigenvalue weighted by Crippen LogP contribution is 2.32. The van der Waals surface area contributed by atoms with Gasteiger partial charge in [-0.05, 0) is 63.4 Å². The number of rotatable bonds is 6. The lowest BCUT2D eigenvalue weighted by Gasteiger charge is -2.16. The van der Waals surface area contributed by atoms with E-state index in [1.54, 1.807) is 18.2 Å². The fourth-order valence-electron chi connectivity index (χ4n) is 2.69. The Balaban J connectivity index is 1.78. The van der Waals surface area contributed by atoms with Crippen molar-refractivity contribution in [3.63, 3.8) is 0 Å². The van der Waals surface area contributed by atoms with Gasteiger partial charge in [-0.15, -0.1) is 0 Å². The third-order valence-electron chi connectivity index (χ3n) is 4.28. The summed E-state index contributed by atoms with van der Waals surface area (Å²) in [5.74, 6) is 0.492. The molecule has 136 valence electrons. The number of benzene rings is 2. The summed E-state index contributed by atoms with van der Waals surface area (Å²) < 4.78 is 5.73. The summed E-state index contributed by atoms with van der Waals surface area (Å²) in [7, 11) is 0. The van der Waals surface area contributed by atoms with E-state index in [-0.39, 0.29) is 23.8 Å². The van der Waals surface area contributed by atoms with Gasteiger partial charge in [0.15, 0.2) is 0 Å². The van der Waals surface area contributed by atoms with Crippen molar-refractivity contribution >= 4 is 23.2 Å². The Labute approximate surface area is 153 Å². The fraction of sp³-hybridized carbons (Fsp3) is 0.333. The van der Waals surface area contributed by atoms with Crippen LogP contribution in [-0.4, -0.2) is 17.9 Å². The molecule has 2 amide bonds. The topological polar surface area (TPSA) is 67.4 Å². The van der Waals surface area contributed by atoms with E-state index in [1.165, 1.54) is 0 Å². The van der Waals surface area contributed by atoms with Crippen LogP contribution in [0.5, 0.6) is 5.75 Å². The summed E-state index contributed by atoms with van der Waals surface area (Å²) >= 11 is 0. The van der Waals surface area contributed by atoms with Crippen molar-refractivity contribution in [2.75, 3.05) is 10.6 Å². The molecule has 5 heteroatoms. The van der Waals surface area contributed by atoms with Crippen LogP contribution in [0.4, 0.5) is 11.4 Å². The van der Waals surface area contributed by atoms with Gasteiger partial charge in [0.2, 0.25) is 5.91 Å². The van der Waals surface area contributed by atoms with E-state index in [2.05, 4.69) is 10.6 Å². The minimum atomic E-state index is -0.241. The number of amides is 2. The van der Waals surface area contributed by atoms with Crippen LogP contribution in [0.2, 0.25) is 0 Å². The van der Waals surface area contributed by atoms with Gasteiger partial charge in [0.1, 0.15) is 5.75 Å². The largest absolute Gasteiger partial charge is 0.490 e. The van der Waals surface area contributed by atoms with E-state index < -0.39 is 0 Å². The Hall–Kier alpha value is -2.82. The van der Waals surface area contributed by atoms with Gasteiger partial charge >= 0.3 is 0 Å². The van der Waals surface area contributed by atoms with Crippen LogP contribution in [0, 0.1) is 12.8 Å². The van der Waals surface area contributed by atoms with Crippen LogP contribution >= 0.6 is 0 Å². The van der Waals surface area contributed by atoms with Gasteiger partial charge in [-0.1, -0.05) is 18.2 Å². The molecule has 2 N–H and O–H groups in total. The molecule has 26 heavy (non-hydrogen) atoms. The monoisotopic (exact) mass is 352 g/mol. The van der Waals surface area contributed by atoms with E-state index >= 15 is 0 Å². The lowest BCUT2D eigenvalue weighted by Crippen LogP contribution is -2.17. The summed E-state index contributed by atoms with van der Waals surface area (Å²) in [5, 5.41) is 5.88. The number of carbonyl (C=O) groups excluding carboxylic acids is 2. The maximum Gasteiger partial charge on any atom is 0.259 e. The lowest BCUT2D eigenvalue weighted by atomic mass is 10.1. The highest BCUT2D eigenvalue weighted by molar-refractivity contribution is 6.07. The fourth-order valence-corrected chi connectivity index (χ4v) is 2.69. The van der Waals surface area contributed by atoms with Gasteiger partial charge in [0.05, 0.1) is 11.7 Å². The molecular formula is C21H24N2O3. The second-order valence-corrected chi connectivity index (χ2v) is 6.86. The minimum Gasteiger partial charge on any atom is -0.490 e. The smallest absolute Gasteiger partial charge is 0.259 e. The molecule has 5 nitrogen and oxygen atoms in total. The van der Waals surface area contributed by atoms with Crippen LogP contribution in [-0.2, 0) is 4.79 Å². The summed E-state index contributed by atoms with van der Waals surface area (Å²) in [6, 6.07) is 12.7. The number of hydrogen-bond donors (Lipinski definition) is 2. The number of hydrogen-bond acceptors (Lipinski definition) is 3. The summed E-state index contributed by atoms with van der Waals surface area (Å²) in [4.78, 5) is 24.8. The molecule has 0 aliphatic heterocycles. The maximum absolute atomic E-state index is 12.7.